The molecule has 45 heavy (non-hydrogen) atoms. The Bertz CT molecular complexity index is 957. The first-order valence-corrected chi connectivity index (χ1v) is 14.0. The van der Waals surface area contributed by atoms with E-state index in [9.17, 15) is 76.3 Å². The minimum absolute atomic E-state index is 0.0485. The molecule has 0 bridgehead atoms. The fraction of sp³-hybridized carbons (Fsp3) is 0.880. The molecular weight excluding hydrogens is 618 g/mol. The molecule has 15 N–H and O–H groups in total. The fourth-order valence-corrected chi connectivity index (χ4v) is 5.39. The molecule has 0 aromatic heterocycles. The van der Waals surface area contributed by atoms with Gasteiger partial charge in [-0.2, -0.15) is 0 Å². The highest BCUT2D eigenvalue weighted by molar-refractivity contribution is 5.56. The quantitative estimate of drug-likeness (QED) is 0.0606. The minimum atomic E-state index is -2.13. The molecule has 0 aromatic carbocycles. The highest BCUT2D eigenvalue weighted by Gasteiger charge is 2.52. The van der Waals surface area contributed by atoms with Crippen LogP contribution in [-0.2, 0) is 23.7 Å². The van der Waals surface area contributed by atoms with Crippen molar-refractivity contribution in [3.8, 4) is 0 Å². The molecule has 1 aliphatic carbocycles. The maximum absolute atomic E-state index is 10.9. The summed E-state index contributed by atoms with van der Waals surface area (Å²) < 4.78 is 21.8. The van der Waals surface area contributed by atoms with Crippen molar-refractivity contribution in [2.75, 3.05) is 26.4 Å². The van der Waals surface area contributed by atoms with Gasteiger partial charge in [0.2, 0.25) is 0 Å². The van der Waals surface area contributed by atoms with E-state index in [4.69, 9.17) is 18.9 Å². The van der Waals surface area contributed by atoms with E-state index in [2.05, 4.69) is 5.32 Å². The first kappa shape index (κ1) is 38.1. The van der Waals surface area contributed by atoms with Crippen LogP contribution in [0.5, 0.6) is 0 Å². The Hall–Kier alpha value is -1.35. The number of carbonyl (C=O) groups excluding carboxylic acids is 1. The van der Waals surface area contributed by atoms with Gasteiger partial charge in [-0.3, -0.25) is 0 Å². The van der Waals surface area contributed by atoms with Gasteiger partial charge in [0.15, 0.2) is 18.9 Å². The normalized spacial score (nSPS) is 43.6. The molecule has 18 atom stereocenters. The zero-order chi connectivity index (χ0) is 33.7. The number of aliphatic hydroxyl groups excluding tert-OH is 14. The average molecular weight is 662 g/mol. The van der Waals surface area contributed by atoms with Gasteiger partial charge in [0.1, 0.15) is 85.5 Å². The first-order valence-electron chi connectivity index (χ1n) is 14.0. The van der Waals surface area contributed by atoms with Gasteiger partial charge in [-0.15, -0.1) is 0 Å². The van der Waals surface area contributed by atoms with E-state index in [1.54, 1.807) is 0 Å². The average Bonchev–Trinajstić information content (AvgIpc) is 3.04. The molecule has 0 aromatic rings. The predicted octanol–water partition coefficient (Wildman–Crippen LogP) is -9.75. The van der Waals surface area contributed by atoms with Crippen LogP contribution in [0, 0.1) is 0 Å². The zero-order valence-corrected chi connectivity index (χ0v) is 23.7. The lowest BCUT2D eigenvalue weighted by Crippen LogP contribution is -2.69. The summed E-state index contributed by atoms with van der Waals surface area (Å²) in [6, 6.07) is -2.55. The van der Waals surface area contributed by atoms with Crippen LogP contribution in [0.1, 0.15) is 0 Å². The molecule has 20 nitrogen and oxygen atoms in total. The van der Waals surface area contributed by atoms with Gasteiger partial charge in [0.05, 0.1) is 38.5 Å². The number of aliphatic hydroxyl groups is 14. The second-order valence-electron chi connectivity index (χ2n) is 11.0. The Morgan fingerprint density at radius 3 is 1.96 bits per heavy atom. The third kappa shape index (κ3) is 8.21. The molecule has 262 valence electrons. The fourth-order valence-electron chi connectivity index (χ4n) is 5.39. The number of carbonyl (C=O) groups is 1. The Kier molecular flexibility index (Phi) is 14.1. The molecular formula is C25H43NO19. The van der Waals surface area contributed by atoms with Crippen molar-refractivity contribution >= 4 is 6.29 Å². The summed E-state index contributed by atoms with van der Waals surface area (Å²) in [5, 5.41) is 145. The first-order chi connectivity index (χ1) is 21.2. The summed E-state index contributed by atoms with van der Waals surface area (Å²) in [6.45, 7) is -3.46. The van der Waals surface area contributed by atoms with Gasteiger partial charge >= 0.3 is 0 Å². The minimum Gasteiger partial charge on any atom is -0.394 e. The smallest absolute Gasteiger partial charge is 0.187 e. The molecule has 2 heterocycles. The maximum atomic E-state index is 10.9. The van der Waals surface area contributed by atoms with Gasteiger partial charge in [-0.1, -0.05) is 6.08 Å². The van der Waals surface area contributed by atoms with Crippen LogP contribution >= 0.6 is 0 Å². The topological polar surface area (TPSA) is 349 Å². The largest absolute Gasteiger partial charge is 0.394 e. The molecule has 0 amide bonds. The number of aldehydes is 1. The number of ether oxygens (including phenoxy) is 4. The van der Waals surface area contributed by atoms with Crippen molar-refractivity contribution in [1.29, 1.82) is 0 Å². The molecule has 0 radical (unpaired) electrons. The summed E-state index contributed by atoms with van der Waals surface area (Å²) in [5.74, 6) is 0. The summed E-state index contributed by atoms with van der Waals surface area (Å²) in [7, 11) is 0. The summed E-state index contributed by atoms with van der Waals surface area (Å²) in [5.41, 5.74) is -0.0485. The van der Waals surface area contributed by atoms with Crippen molar-refractivity contribution in [1.82, 2.24) is 5.32 Å². The highest BCUT2D eigenvalue weighted by Crippen LogP contribution is 2.31. The van der Waals surface area contributed by atoms with Gasteiger partial charge in [-0.25, -0.2) is 0 Å². The van der Waals surface area contributed by atoms with Crippen LogP contribution in [0.3, 0.4) is 0 Å². The van der Waals surface area contributed by atoms with Crippen LogP contribution in [0.25, 0.3) is 0 Å². The van der Waals surface area contributed by atoms with Crippen LogP contribution in [0.4, 0.5) is 0 Å². The summed E-state index contributed by atoms with van der Waals surface area (Å²) in [6.07, 6.45) is -28.3. The summed E-state index contributed by atoms with van der Waals surface area (Å²) >= 11 is 0. The molecule has 0 spiro atoms. The predicted molar refractivity (Wildman–Crippen MR) is 140 cm³/mol. The second kappa shape index (κ2) is 16.7. The van der Waals surface area contributed by atoms with Gasteiger partial charge in [0.25, 0.3) is 0 Å². The lowest BCUT2D eigenvalue weighted by Gasteiger charge is -2.48. The monoisotopic (exact) mass is 661 g/mol. The van der Waals surface area contributed by atoms with E-state index in [0.29, 0.717) is 0 Å². The molecule has 20 heteroatoms. The second-order valence-corrected chi connectivity index (χ2v) is 11.0. The molecule has 3 rings (SSSR count). The lowest BCUT2D eigenvalue weighted by atomic mass is 9.86. The van der Waals surface area contributed by atoms with E-state index in [1.165, 1.54) is 6.08 Å². The van der Waals surface area contributed by atoms with Crippen LogP contribution in [0.2, 0.25) is 0 Å². The number of nitrogens with one attached hydrogen (secondary N) is 1. The number of hydrogen-bond donors (Lipinski definition) is 15. The van der Waals surface area contributed by atoms with E-state index >= 15 is 0 Å². The van der Waals surface area contributed by atoms with E-state index in [0.717, 1.165) is 0 Å². The van der Waals surface area contributed by atoms with Crippen molar-refractivity contribution in [3.63, 3.8) is 0 Å². The van der Waals surface area contributed by atoms with E-state index in [1.807, 2.05) is 0 Å². The van der Waals surface area contributed by atoms with Crippen molar-refractivity contribution in [3.05, 3.63) is 11.6 Å². The van der Waals surface area contributed by atoms with Gasteiger partial charge in [0, 0.05) is 0 Å². The SMILES string of the molecule is O=C[C@H](O)[C@@H](O)[C@H](O[C@H]1O[C@H](CO)[C@@H](O[C@@H]2OC(CO)[C@@H](N[C@H]3C=C(CO)[C@@H](O)[C@H](O)[C@H]3O)[C@H](O)[C@H]2O)[C@H](O)[C@H]1O)[C@H](O)CO. The van der Waals surface area contributed by atoms with Crippen LogP contribution in [-0.4, -0.2) is 214 Å². The molecule has 0 saturated carbocycles. The standard InChI is InChI=1S/C25H43NO19/c27-2-7-1-8(15(35)18(38)14(7)34)26-13-11(5-30)42-24(20(40)17(13)37)45-23-12(6-31)43-25(21(41)19(23)39)44-22(10(33)4-29)16(36)9(32)3-28/h1,3,8-27,29-41H,2,4-6H2/t8-,9-,10+,11?,12+,13+,14+,15-,16+,17-,18-,19+,20+,21+,22+,23+,24-,25+/m0/s1. The van der Waals surface area contributed by atoms with E-state index in [-0.39, 0.29) is 11.9 Å². The lowest BCUT2D eigenvalue weighted by molar-refractivity contribution is -0.362. The third-order valence-corrected chi connectivity index (χ3v) is 8.06. The van der Waals surface area contributed by atoms with Crippen LogP contribution < -0.4 is 5.32 Å². The molecule has 1 unspecified atom stereocenters. The number of hydrogen-bond acceptors (Lipinski definition) is 20. The van der Waals surface area contributed by atoms with Gasteiger partial charge < -0.3 is 101 Å². The highest BCUT2D eigenvalue weighted by atomic mass is 16.7. The Morgan fingerprint density at radius 1 is 0.800 bits per heavy atom. The molecule has 3 aliphatic rings. The van der Waals surface area contributed by atoms with Gasteiger partial charge in [-0.05, 0) is 5.57 Å². The van der Waals surface area contributed by atoms with Crippen molar-refractivity contribution < 1.29 is 95.2 Å². The molecule has 2 aliphatic heterocycles. The zero-order valence-electron chi connectivity index (χ0n) is 23.7. The Morgan fingerprint density at radius 2 is 1.40 bits per heavy atom. The summed E-state index contributed by atoms with van der Waals surface area (Å²) in [4.78, 5) is 10.9. The Labute approximate surface area is 255 Å². The number of rotatable bonds is 14. The Balaban J connectivity index is 1.74. The molecule has 2 saturated heterocycles. The van der Waals surface area contributed by atoms with Crippen molar-refractivity contribution in [2.24, 2.45) is 0 Å². The van der Waals surface area contributed by atoms with Crippen LogP contribution in [0.15, 0.2) is 11.6 Å². The van der Waals surface area contributed by atoms with E-state index < -0.39 is 137 Å². The van der Waals surface area contributed by atoms with Crippen molar-refractivity contribution in [2.45, 2.75) is 110 Å². The third-order valence-electron chi connectivity index (χ3n) is 8.06. The molecule has 2 fully saturated rings. The maximum Gasteiger partial charge on any atom is 0.187 e.